The molecule has 10 nitrogen and oxygen atoms in total. The predicted octanol–water partition coefficient (Wildman–Crippen LogP) is 0.384. The van der Waals surface area contributed by atoms with Gasteiger partial charge in [-0.1, -0.05) is 11.6 Å². The molecule has 160 valence electrons. The Hall–Kier alpha value is -2.08. The molecule has 0 spiro atoms. The van der Waals surface area contributed by atoms with Crippen LogP contribution in [0.5, 0.6) is 0 Å². The maximum absolute atomic E-state index is 13.3. The summed E-state index contributed by atoms with van der Waals surface area (Å²) in [7, 11) is -0.698. The van der Waals surface area contributed by atoms with Gasteiger partial charge in [-0.25, -0.2) is 13.1 Å². The standard InChI is InChI=1S/C18H27N5O5S/c1-27-11-8-19-18(24)17-5-3-4-9-23(17)29(25,26)14-6-7-16-15(13-14)20-21-22(16)10-12-28-2/h6-7,13,17H,3-5,8-12H2,1-2H3,(H,19,24)/t17-/m1/s1. The maximum Gasteiger partial charge on any atom is 0.243 e. The van der Waals surface area contributed by atoms with E-state index in [-0.39, 0.29) is 10.8 Å². The molecule has 1 amide bonds. The van der Waals surface area contributed by atoms with Gasteiger partial charge in [-0.3, -0.25) is 4.79 Å². The van der Waals surface area contributed by atoms with Crippen LogP contribution in [-0.4, -0.2) is 80.2 Å². The number of aromatic nitrogens is 3. The molecule has 2 aromatic rings. The van der Waals surface area contributed by atoms with Crippen LogP contribution >= 0.6 is 0 Å². The topological polar surface area (TPSA) is 116 Å². The van der Waals surface area contributed by atoms with Crippen LogP contribution in [-0.2, 0) is 30.8 Å². The Labute approximate surface area is 170 Å². The number of hydrogen-bond donors (Lipinski definition) is 1. The van der Waals surface area contributed by atoms with E-state index in [0.29, 0.717) is 44.8 Å². The molecule has 0 unspecified atom stereocenters. The number of amides is 1. The van der Waals surface area contributed by atoms with Crippen molar-refractivity contribution in [1.29, 1.82) is 0 Å². The Morgan fingerprint density at radius 3 is 2.79 bits per heavy atom. The average molecular weight is 426 g/mol. The van der Waals surface area contributed by atoms with Crippen LogP contribution in [0.1, 0.15) is 19.3 Å². The number of piperidine rings is 1. The number of sulfonamides is 1. The Balaban J connectivity index is 1.84. The van der Waals surface area contributed by atoms with Crippen molar-refractivity contribution in [2.45, 2.75) is 36.7 Å². The van der Waals surface area contributed by atoms with Gasteiger partial charge in [0.25, 0.3) is 0 Å². The lowest BCUT2D eigenvalue weighted by molar-refractivity contribution is -0.125. The van der Waals surface area contributed by atoms with Crippen LogP contribution in [0.3, 0.4) is 0 Å². The zero-order valence-electron chi connectivity index (χ0n) is 16.7. The minimum Gasteiger partial charge on any atom is -0.383 e. The van der Waals surface area contributed by atoms with Crippen molar-refractivity contribution >= 4 is 27.0 Å². The molecule has 0 aliphatic carbocycles. The molecule has 1 N–H and O–H groups in total. The van der Waals surface area contributed by atoms with Gasteiger partial charge in [-0.2, -0.15) is 4.31 Å². The van der Waals surface area contributed by atoms with Crippen molar-refractivity contribution in [3.05, 3.63) is 18.2 Å². The molecule has 1 aromatic heterocycles. The Morgan fingerprint density at radius 2 is 2.03 bits per heavy atom. The minimum atomic E-state index is -3.85. The van der Waals surface area contributed by atoms with Crippen molar-refractivity contribution in [1.82, 2.24) is 24.6 Å². The Bertz CT molecular complexity index is 945. The fourth-order valence-corrected chi connectivity index (χ4v) is 5.12. The van der Waals surface area contributed by atoms with Crippen molar-refractivity contribution in [3.63, 3.8) is 0 Å². The summed E-state index contributed by atoms with van der Waals surface area (Å²) in [5.41, 5.74) is 1.22. The van der Waals surface area contributed by atoms with Crippen LogP contribution in [0.25, 0.3) is 11.0 Å². The van der Waals surface area contributed by atoms with Crippen LogP contribution < -0.4 is 5.32 Å². The van der Waals surface area contributed by atoms with E-state index in [1.807, 2.05) is 0 Å². The van der Waals surface area contributed by atoms with E-state index in [1.165, 1.54) is 10.4 Å². The summed E-state index contributed by atoms with van der Waals surface area (Å²) in [6.45, 7) is 2.03. The van der Waals surface area contributed by atoms with E-state index in [4.69, 9.17) is 9.47 Å². The molecule has 1 atom stereocenters. The fourth-order valence-electron chi connectivity index (χ4n) is 3.44. The van der Waals surface area contributed by atoms with Gasteiger partial charge in [0.15, 0.2) is 0 Å². The monoisotopic (exact) mass is 425 g/mol. The summed E-state index contributed by atoms with van der Waals surface area (Å²) >= 11 is 0. The number of carbonyl (C=O) groups is 1. The Morgan fingerprint density at radius 1 is 1.24 bits per heavy atom. The van der Waals surface area contributed by atoms with Crippen LogP contribution in [0.4, 0.5) is 0 Å². The summed E-state index contributed by atoms with van der Waals surface area (Å²) in [6.07, 6.45) is 2.02. The zero-order chi connectivity index (χ0) is 20.9. The van der Waals surface area contributed by atoms with E-state index >= 15 is 0 Å². The molecular formula is C18H27N5O5S. The molecular weight excluding hydrogens is 398 g/mol. The van der Waals surface area contributed by atoms with Gasteiger partial charge in [0.2, 0.25) is 15.9 Å². The van der Waals surface area contributed by atoms with Gasteiger partial charge in [0.05, 0.1) is 30.2 Å². The van der Waals surface area contributed by atoms with Crippen molar-refractivity contribution < 1.29 is 22.7 Å². The first kappa shape index (κ1) is 21.6. The first-order valence-electron chi connectivity index (χ1n) is 9.59. The van der Waals surface area contributed by atoms with E-state index in [2.05, 4.69) is 15.6 Å². The SMILES string of the molecule is COCCNC(=O)[C@H]1CCCCN1S(=O)(=O)c1ccc2c(c1)nnn2CCOC. The van der Waals surface area contributed by atoms with Gasteiger partial charge in [0, 0.05) is 27.3 Å². The highest BCUT2D eigenvalue weighted by Gasteiger charge is 2.37. The molecule has 11 heteroatoms. The molecule has 1 aliphatic heterocycles. The number of carbonyl (C=O) groups excluding carboxylic acids is 1. The molecule has 0 saturated carbocycles. The average Bonchev–Trinajstić information content (AvgIpc) is 3.14. The van der Waals surface area contributed by atoms with Gasteiger partial charge >= 0.3 is 0 Å². The summed E-state index contributed by atoms with van der Waals surface area (Å²) in [4.78, 5) is 12.7. The smallest absolute Gasteiger partial charge is 0.243 e. The molecule has 0 bridgehead atoms. The summed E-state index contributed by atoms with van der Waals surface area (Å²) in [5.74, 6) is -0.295. The largest absolute Gasteiger partial charge is 0.383 e. The normalized spacial score (nSPS) is 18.2. The van der Waals surface area contributed by atoms with E-state index in [1.54, 1.807) is 31.0 Å². The number of methoxy groups -OCH3 is 2. The first-order chi connectivity index (χ1) is 14.0. The first-order valence-corrected chi connectivity index (χ1v) is 11.0. The minimum absolute atomic E-state index is 0.111. The summed E-state index contributed by atoms with van der Waals surface area (Å²) < 4.78 is 39.6. The van der Waals surface area contributed by atoms with Crippen molar-refractivity contribution in [3.8, 4) is 0 Å². The molecule has 1 aliphatic rings. The second-order valence-electron chi connectivity index (χ2n) is 6.87. The van der Waals surface area contributed by atoms with E-state index < -0.39 is 16.1 Å². The number of fused-ring (bicyclic) bond motifs is 1. The lowest BCUT2D eigenvalue weighted by Crippen LogP contribution is -2.52. The number of benzene rings is 1. The number of nitrogens with zero attached hydrogens (tertiary/aromatic N) is 4. The van der Waals surface area contributed by atoms with Gasteiger partial charge in [-0.05, 0) is 31.0 Å². The van der Waals surface area contributed by atoms with Crippen LogP contribution in [0.15, 0.2) is 23.1 Å². The van der Waals surface area contributed by atoms with Gasteiger partial charge in [0.1, 0.15) is 11.6 Å². The van der Waals surface area contributed by atoms with Crippen molar-refractivity contribution in [2.24, 2.45) is 0 Å². The Kier molecular flexibility index (Phi) is 7.17. The van der Waals surface area contributed by atoms with E-state index in [9.17, 15) is 13.2 Å². The summed E-state index contributed by atoms with van der Waals surface area (Å²) in [5, 5.41) is 10.9. The second kappa shape index (κ2) is 9.61. The number of nitrogens with one attached hydrogen (secondary N) is 1. The van der Waals surface area contributed by atoms with Gasteiger partial charge < -0.3 is 14.8 Å². The molecule has 2 heterocycles. The highest BCUT2D eigenvalue weighted by molar-refractivity contribution is 7.89. The third-order valence-electron chi connectivity index (χ3n) is 4.96. The van der Waals surface area contributed by atoms with E-state index in [0.717, 1.165) is 18.4 Å². The zero-order valence-corrected chi connectivity index (χ0v) is 17.5. The molecule has 1 fully saturated rings. The number of rotatable bonds is 9. The van der Waals surface area contributed by atoms with Gasteiger partial charge in [-0.15, -0.1) is 5.10 Å². The van der Waals surface area contributed by atoms with Crippen molar-refractivity contribution in [2.75, 3.05) is 40.5 Å². The highest BCUT2D eigenvalue weighted by atomic mass is 32.2. The fraction of sp³-hybridized carbons (Fsp3) is 0.611. The third kappa shape index (κ3) is 4.74. The molecule has 0 radical (unpaired) electrons. The van der Waals surface area contributed by atoms with Crippen LogP contribution in [0, 0.1) is 0 Å². The molecule has 1 aromatic carbocycles. The maximum atomic E-state index is 13.3. The van der Waals surface area contributed by atoms with Crippen LogP contribution in [0.2, 0.25) is 0 Å². The quantitative estimate of drug-likeness (QED) is 0.578. The highest BCUT2D eigenvalue weighted by Crippen LogP contribution is 2.27. The number of ether oxygens (including phenoxy) is 2. The molecule has 1 saturated heterocycles. The molecule has 29 heavy (non-hydrogen) atoms. The second-order valence-corrected chi connectivity index (χ2v) is 8.76. The lowest BCUT2D eigenvalue weighted by atomic mass is 10.0. The summed E-state index contributed by atoms with van der Waals surface area (Å²) in [6, 6.07) is 4.02. The predicted molar refractivity (Wildman–Crippen MR) is 106 cm³/mol. The number of hydrogen-bond acceptors (Lipinski definition) is 7. The third-order valence-corrected chi connectivity index (χ3v) is 6.87. The lowest BCUT2D eigenvalue weighted by Gasteiger charge is -2.33. The molecule has 3 rings (SSSR count).